The summed E-state index contributed by atoms with van der Waals surface area (Å²) in [5.41, 5.74) is 2.41. The van der Waals surface area contributed by atoms with Crippen molar-refractivity contribution in [2.75, 3.05) is 6.54 Å². The molecule has 0 saturated heterocycles. The molecule has 0 spiro atoms. The zero-order chi connectivity index (χ0) is 16.5. The monoisotopic (exact) mass is 322 g/mol. The Hall–Kier alpha value is -2.89. The molecular weight excluding hydrogens is 304 g/mol. The summed E-state index contributed by atoms with van der Waals surface area (Å²) < 4.78 is 3.34. The van der Waals surface area contributed by atoms with Crippen molar-refractivity contribution in [3.63, 3.8) is 0 Å². The number of amides is 1. The van der Waals surface area contributed by atoms with Gasteiger partial charge in [0.1, 0.15) is 0 Å². The zero-order valence-electron chi connectivity index (χ0n) is 13.2. The number of aromatic nitrogens is 3. The molecule has 6 nitrogen and oxygen atoms in total. The molecule has 0 bridgehead atoms. The molecule has 6 heteroatoms. The van der Waals surface area contributed by atoms with E-state index >= 15 is 0 Å². The molecule has 1 amide bonds. The first kappa shape index (κ1) is 14.7. The molecule has 1 aliphatic rings. The zero-order valence-corrected chi connectivity index (χ0v) is 13.2. The molecule has 3 aromatic rings. The van der Waals surface area contributed by atoms with E-state index in [1.54, 1.807) is 12.3 Å². The lowest BCUT2D eigenvalue weighted by atomic mass is 10.3. The van der Waals surface area contributed by atoms with Crippen molar-refractivity contribution in [2.24, 2.45) is 0 Å². The van der Waals surface area contributed by atoms with E-state index in [4.69, 9.17) is 0 Å². The van der Waals surface area contributed by atoms with Crippen molar-refractivity contribution in [3.8, 4) is 0 Å². The second-order valence-electron chi connectivity index (χ2n) is 6.11. The third-order valence-corrected chi connectivity index (χ3v) is 4.26. The van der Waals surface area contributed by atoms with E-state index in [-0.39, 0.29) is 11.5 Å². The summed E-state index contributed by atoms with van der Waals surface area (Å²) in [5.74, 6) is 0.352. The number of rotatable bonds is 5. The molecule has 3 aromatic heterocycles. The van der Waals surface area contributed by atoms with Gasteiger partial charge >= 0.3 is 0 Å². The van der Waals surface area contributed by atoms with Crippen LogP contribution in [0.25, 0.3) is 5.52 Å². The molecule has 1 aliphatic carbocycles. The van der Waals surface area contributed by atoms with E-state index in [0.717, 1.165) is 24.1 Å². The van der Waals surface area contributed by atoms with Crippen LogP contribution >= 0.6 is 0 Å². The number of hydrogen-bond acceptors (Lipinski definition) is 3. The van der Waals surface area contributed by atoms with Gasteiger partial charge in [0.05, 0.1) is 17.8 Å². The van der Waals surface area contributed by atoms with Crippen LogP contribution in [0.1, 0.15) is 34.8 Å². The maximum atomic E-state index is 12.2. The van der Waals surface area contributed by atoms with E-state index in [1.807, 2.05) is 40.9 Å². The average Bonchev–Trinajstić information content (AvgIpc) is 3.34. The van der Waals surface area contributed by atoms with E-state index in [1.165, 1.54) is 4.68 Å². The van der Waals surface area contributed by atoms with Gasteiger partial charge in [-0.25, -0.2) is 4.68 Å². The van der Waals surface area contributed by atoms with E-state index in [0.29, 0.717) is 24.6 Å². The van der Waals surface area contributed by atoms with Gasteiger partial charge in [-0.2, -0.15) is 5.10 Å². The third-order valence-electron chi connectivity index (χ3n) is 4.26. The number of nitrogens with zero attached hydrogens (tertiary/aromatic N) is 3. The van der Waals surface area contributed by atoms with Gasteiger partial charge in [-0.15, -0.1) is 0 Å². The van der Waals surface area contributed by atoms with Gasteiger partial charge in [0, 0.05) is 36.4 Å². The van der Waals surface area contributed by atoms with Gasteiger partial charge in [0.25, 0.3) is 11.5 Å². The lowest BCUT2D eigenvalue weighted by molar-refractivity contribution is 0.0952. The molecule has 1 N–H and O–H groups in total. The molecule has 0 aromatic carbocycles. The first-order valence-electron chi connectivity index (χ1n) is 8.14. The lowest BCUT2D eigenvalue weighted by Crippen LogP contribution is -2.32. The molecule has 1 fully saturated rings. The largest absolute Gasteiger partial charge is 0.350 e. The Morgan fingerprint density at radius 2 is 2.12 bits per heavy atom. The molecule has 0 radical (unpaired) electrons. The van der Waals surface area contributed by atoms with Crippen molar-refractivity contribution in [3.05, 3.63) is 70.4 Å². The fourth-order valence-corrected chi connectivity index (χ4v) is 2.78. The van der Waals surface area contributed by atoms with Crippen molar-refractivity contribution < 1.29 is 4.79 Å². The van der Waals surface area contributed by atoms with Gasteiger partial charge in [0.15, 0.2) is 0 Å². The van der Waals surface area contributed by atoms with Crippen LogP contribution in [-0.2, 0) is 6.54 Å². The number of pyridine rings is 1. The fraction of sp³-hybridized carbons (Fsp3) is 0.278. The van der Waals surface area contributed by atoms with E-state index in [9.17, 15) is 9.59 Å². The summed E-state index contributed by atoms with van der Waals surface area (Å²) in [6.07, 6.45) is 5.98. The van der Waals surface area contributed by atoms with Crippen molar-refractivity contribution >= 4 is 11.4 Å². The molecule has 4 rings (SSSR count). The highest BCUT2D eigenvalue weighted by molar-refractivity contribution is 5.95. The predicted octanol–water partition coefficient (Wildman–Crippen LogP) is 1.80. The van der Waals surface area contributed by atoms with Crippen molar-refractivity contribution in [1.82, 2.24) is 19.5 Å². The predicted molar refractivity (Wildman–Crippen MR) is 90.2 cm³/mol. The lowest BCUT2D eigenvalue weighted by Gasteiger charge is -2.07. The number of carbonyl (C=O) groups excluding carboxylic acids is 1. The second-order valence-corrected chi connectivity index (χ2v) is 6.11. The Balaban J connectivity index is 1.40. The summed E-state index contributed by atoms with van der Waals surface area (Å²) in [7, 11) is 0. The minimum atomic E-state index is -0.148. The molecule has 0 unspecified atom stereocenters. The molecule has 0 aliphatic heterocycles. The van der Waals surface area contributed by atoms with Gasteiger partial charge in [-0.05, 0) is 37.1 Å². The standard InChI is InChI=1S/C18H18N4O2/c23-17-7-6-16(13-4-5-13)20-22(17)10-8-19-18(24)14-11-15-3-1-2-9-21(15)12-14/h1-3,6-7,9,11-13H,4-5,8,10H2,(H,19,24). The average molecular weight is 322 g/mol. The Labute approximate surface area is 138 Å². The Morgan fingerprint density at radius 3 is 2.92 bits per heavy atom. The molecular formula is C18H18N4O2. The van der Waals surface area contributed by atoms with Crippen LogP contribution in [0.4, 0.5) is 0 Å². The minimum absolute atomic E-state index is 0.136. The van der Waals surface area contributed by atoms with Crippen LogP contribution in [-0.4, -0.2) is 26.6 Å². The molecule has 24 heavy (non-hydrogen) atoms. The van der Waals surface area contributed by atoms with Gasteiger partial charge in [-0.1, -0.05) is 6.07 Å². The van der Waals surface area contributed by atoms with E-state index in [2.05, 4.69) is 10.4 Å². The van der Waals surface area contributed by atoms with Gasteiger partial charge in [-0.3, -0.25) is 9.59 Å². The molecule has 1 saturated carbocycles. The minimum Gasteiger partial charge on any atom is -0.350 e. The Bertz CT molecular complexity index is 920. The summed E-state index contributed by atoms with van der Waals surface area (Å²) in [6, 6.07) is 11.0. The first-order valence-corrected chi connectivity index (χ1v) is 8.14. The van der Waals surface area contributed by atoms with Crippen LogP contribution in [0.15, 0.2) is 53.6 Å². The van der Waals surface area contributed by atoms with E-state index < -0.39 is 0 Å². The first-order chi connectivity index (χ1) is 11.7. The van der Waals surface area contributed by atoms with Crippen LogP contribution in [0.3, 0.4) is 0 Å². The molecule has 3 heterocycles. The number of carbonyl (C=O) groups is 1. The smallest absolute Gasteiger partial charge is 0.266 e. The Kier molecular flexibility index (Phi) is 3.65. The topological polar surface area (TPSA) is 68.4 Å². The van der Waals surface area contributed by atoms with Gasteiger partial charge < -0.3 is 9.72 Å². The number of nitrogens with one attached hydrogen (secondary N) is 1. The Morgan fingerprint density at radius 1 is 1.25 bits per heavy atom. The SMILES string of the molecule is O=C(NCCn1nc(C2CC2)ccc1=O)c1cc2ccccn2c1. The van der Waals surface area contributed by atoms with Gasteiger partial charge in [0.2, 0.25) is 0 Å². The van der Waals surface area contributed by atoms with Crippen LogP contribution < -0.4 is 10.9 Å². The van der Waals surface area contributed by atoms with Crippen LogP contribution in [0, 0.1) is 0 Å². The molecule has 0 atom stereocenters. The van der Waals surface area contributed by atoms with Crippen LogP contribution in [0.5, 0.6) is 0 Å². The quantitative estimate of drug-likeness (QED) is 0.779. The van der Waals surface area contributed by atoms with Crippen LogP contribution in [0.2, 0.25) is 0 Å². The van der Waals surface area contributed by atoms with Crippen molar-refractivity contribution in [1.29, 1.82) is 0 Å². The summed E-state index contributed by atoms with van der Waals surface area (Å²) in [6.45, 7) is 0.741. The highest BCUT2D eigenvalue weighted by atomic mass is 16.2. The van der Waals surface area contributed by atoms with Crippen molar-refractivity contribution in [2.45, 2.75) is 25.3 Å². The highest BCUT2D eigenvalue weighted by Crippen LogP contribution is 2.38. The second kappa shape index (κ2) is 5.96. The maximum Gasteiger partial charge on any atom is 0.266 e. The normalized spacial score (nSPS) is 14.0. The summed E-state index contributed by atoms with van der Waals surface area (Å²) >= 11 is 0. The third kappa shape index (κ3) is 2.95. The highest BCUT2D eigenvalue weighted by Gasteiger charge is 2.25. The fourth-order valence-electron chi connectivity index (χ4n) is 2.78. The summed E-state index contributed by atoms with van der Waals surface area (Å²) in [5, 5.41) is 7.24. The summed E-state index contributed by atoms with van der Waals surface area (Å²) in [4.78, 5) is 24.1. The number of hydrogen-bond donors (Lipinski definition) is 1. The maximum absolute atomic E-state index is 12.2. The number of fused-ring (bicyclic) bond motifs is 1. The molecule has 122 valence electrons.